The summed E-state index contributed by atoms with van der Waals surface area (Å²) >= 11 is 0. The molecule has 1 nitrogen and oxygen atoms in total. The number of benzene rings is 9. The summed E-state index contributed by atoms with van der Waals surface area (Å²) in [4.78, 5) is 2.48. The first-order valence-electron chi connectivity index (χ1n) is 23.6. The molecule has 9 aromatic rings. The lowest BCUT2D eigenvalue weighted by Gasteiger charge is -2.36. The Morgan fingerprint density at radius 2 is 0.652 bits per heavy atom. The van der Waals surface area contributed by atoms with Crippen LogP contribution in [0.3, 0.4) is 0 Å². The van der Waals surface area contributed by atoms with Crippen molar-refractivity contribution in [2.45, 2.75) is 70.1 Å². The maximum absolute atomic E-state index is 2.50. The average molecular weight is 852 g/mol. The molecule has 1 heteroatoms. The summed E-state index contributed by atoms with van der Waals surface area (Å²) in [6, 6.07) is 82.9. The Morgan fingerprint density at radius 1 is 0.303 bits per heavy atom. The molecular weight excluding hydrogens is 795 g/mol. The van der Waals surface area contributed by atoms with Crippen molar-refractivity contribution in [2.75, 3.05) is 4.90 Å². The first-order chi connectivity index (χ1) is 31.9. The van der Waals surface area contributed by atoms with Crippen LogP contribution < -0.4 is 4.90 Å². The van der Waals surface area contributed by atoms with Crippen LogP contribution in [-0.4, -0.2) is 0 Å². The molecule has 0 aromatic heterocycles. The second kappa shape index (κ2) is 15.5. The molecule has 66 heavy (non-hydrogen) atoms. The maximum Gasteiger partial charge on any atom is 0.0714 e. The molecule has 0 aliphatic heterocycles. The summed E-state index contributed by atoms with van der Waals surface area (Å²) in [5.41, 5.74) is 21.6. The monoisotopic (exact) mass is 851 g/mol. The van der Waals surface area contributed by atoms with Gasteiger partial charge in [-0.2, -0.15) is 0 Å². The van der Waals surface area contributed by atoms with Crippen molar-refractivity contribution in [3.8, 4) is 22.3 Å². The van der Waals surface area contributed by atoms with Gasteiger partial charge >= 0.3 is 0 Å². The van der Waals surface area contributed by atoms with E-state index in [0.717, 1.165) is 17.1 Å². The van der Waals surface area contributed by atoms with Crippen LogP contribution in [0.2, 0.25) is 0 Å². The fourth-order valence-electron chi connectivity index (χ4n) is 11.3. The van der Waals surface area contributed by atoms with Gasteiger partial charge in [0.25, 0.3) is 0 Å². The lowest BCUT2D eigenvalue weighted by molar-refractivity contribution is 0.588. The molecule has 1 unspecified atom stereocenters. The summed E-state index contributed by atoms with van der Waals surface area (Å²) in [6.45, 7) is 16.0. The number of para-hydroxylation sites is 1. The fourth-order valence-corrected chi connectivity index (χ4v) is 11.3. The van der Waals surface area contributed by atoms with Gasteiger partial charge in [0.2, 0.25) is 0 Å². The maximum atomic E-state index is 2.50. The zero-order chi connectivity index (χ0) is 45.4. The van der Waals surface area contributed by atoms with E-state index in [-0.39, 0.29) is 10.8 Å². The van der Waals surface area contributed by atoms with Gasteiger partial charge < -0.3 is 4.90 Å². The van der Waals surface area contributed by atoms with Crippen LogP contribution in [0.4, 0.5) is 17.1 Å². The molecule has 11 rings (SSSR count). The Hall–Kier alpha value is -7.22. The second-order valence-corrected chi connectivity index (χ2v) is 20.6. The van der Waals surface area contributed by atoms with Crippen molar-refractivity contribution < 1.29 is 0 Å². The van der Waals surface area contributed by atoms with Gasteiger partial charge in [-0.15, -0.1) is 0 Å². The van der Waals surface area contributed by atoms with Crippen LogP contribution in [0.5, 0.6) is 0 Å². The molecule has 0 amide bonds. The summed E-state index contributed by atoms with van der Waals surface area (Å²) in [7, 11) is 0. The third-order valence-electron chi connectivity index (χ3n) is 14.6. The topological polar surface area (TPSA) is 3.24 Å². The van der Waals surface area contributed by atoms with Crippen LogP contribution in [-0.2, 0) is 21.7 Å². The molecule has 1 atom stereocenters. The van der Waals surface area contributed by atoms with Crippen molar-refractivity contribution >= 4 is 17.1 Å². The zero-order valence-corrected chi connectivity index (χ0v) is 39.2. The number of rotatable bonds is 7. The highest BCUT2D eigenvalue weighted by atomic mass is 15.1. The Kier molecular flexibility index (Phi) is 9.71. The van der Waals surface area contributed by atoms with E-state index in [1.54, 1.807) is 0 Å². The van der Waals surface area contributed by atoms with Gasteiger partial charge in [0.05, 0.1) is 10.8 Å². The van der Waals surface area contributed by atoms with E-state index >= 15 is 0 Å². The molecule has 9 aromatic carbocycles. The first kappa shape index (κ1) is 41.5. The molecule has 2 aliphatic rings. The number of hydrogen-bond acceptors (Lipinski definition) is 1. The van der Waals surface area contributed by atoms with Gasteiger partial charge in [0.1, 0.15) is 0 Å². The van der Waals surface area contributed by atoms with E-state index in [2.05, 4.69) is 272 Å². The van der Waals surface area contributed by atoms with Crippen LogP contribution in [0.25, 0.3) is 22.3 Å². The third-order valence-corrected chi connectivity index (χ3v) is 14.6. The standard InChI is InChI=1S/C65H57N/c1-44-26-28-48(29-27-44)64(47-18-10-8-11-19-47)58-24-16-14-22-54(58)56-40-38-52(42-60(56)64)66(51-20-12-9-13-21-51)53-39-41-57-55-23-15-17-25-59(55)65(61(57)43-53,49-34-30-45(31-35-49)62(2,3)4)50-36-32-46(33-37-50)63(5,6)7/h8-43H,1-7H3. The van der Waals surface area contributed by atoms with Gasteiger partial charge in [-0.05, 0) is 132 Å². The van der Waals surface area contributed by atoms with Gasteiger partial charge in [0.15, 0.2) is 0 Å². The molecule has 0 saturated carbocycles. The van der Waals surface area contributed by atoms with E-state index in [1.807, 2.05) is 0 Å². The minimum Gasteiger partial charge on any atom is -0.310 e. The zero-order valence-electron chi connectivity index (χ0n) is 39.2. The van der Waals surface area contributed by atoms with Crippen molar-refractivity contribution in [3.63, 3.8) is 0 Å². The molecule has 0 spiro atoms. The van der Waals surface area contributed by atoms with E-state index < -0.39 is 10.8 Å². The molecule has 2 aliphatic carbocycles. The minimum absolute atomic E-state index is 0.0314. The smallest absolute Gasteiger partial charge is 0.0714 e. The first-order valence-corrected chi connectivity index (χ1v) is 23.6. The molecule has 0 radical (unpaired) electrons. The molecule has 0 bridgehead atoms. The second-order valence-electron chi connectivity index (χ2n) is 20.6. The summed E-state index contributed by atoms with van der Waals surface area (Å²) in [5.74, 6) is 0. The Bertz CT molecular complexity index is 3180. The van der Waals surface area contributed by atoms with Crippen LogP contribution in [0.1, 0.15) is 103 Å². The number of aryl methyl sites for hydroxylation is 1. The molecular formula is C65H57N. The van der Waals surface area contributed by atoms with Crippen LogP contribution in [0, 0.1) is 6.92 Å². The molecule has 0 heterocycles. The van der Waals surface area contributed by atoms with Crippen molar-refractivity contribution in [1.82, 2.24) is 0 Å². The normalized spacial score (nSPS) is 15.7. The highest BCUT2D eigenvalue weighted by molar-refractivity contribution is 5.92. The predicted octanol–water partition coefficient (Wildman–Crippen LogP) is 16.8. The van der Waals surface area contributed by atoms with Gasteiger partial charge in [-0.1, -0.05) is 229 Å². The lowest BCUT2D eigenvalue weighted by Crippen LogP contribution is -2.29. The number of anilines is 3. The molecule has 0 N–H and O–H groups in total. The fraction of sp³-hybridized carbons (Fsp3) is 0.169. The quantitative estimate of drug-likeness (QED) is 0.154. The van der Waals surface area contributed by atoms with E-state index in [0.29, 0.717) is 0 Å². The number of nitrogens with zero attached hydrogens (tertiary/aromatic N) is 1. The largest absolute Gasteiger partial charge is 0.310 e. The van der Waals surface area contributed by atoms with Gasteiger partial charge in [0, 0.05) is 17.1 Å². The SMILES string of the molecule is Cc1ccc(C2(c3ccccc3)c3ccccc3-c3ccc(N(c4ccccc4)c4ccc5c(c4)C(c4ccc(C(C)(C)C)cc4)(c4ccc(C(C)(C)C)cc4)c4ccccc4-5)cc32)cc1. The molecule has 0 saturated heterocycles. The third kappa shape index (κ3) is 6.35. The number of fused-ring (bicyclic) bond motifs is 6. The van der Waals surface area contributed by atoms with Crippen molar-refractivity contribution in [2.24, 2.45) is 0 Å². The highest BCUT2D eigenvalue weighted by Crippen LogP contribution is 2.60. The van der Waals surface area contributed by atoms with Gasteiger partial charge in [-0.3, -0.25) is 0 Å². The minimum atomic E-state index is -0.565. The summed E-state index contributed by atoms with van der Waals surface area (Å²) < 4.78 is 0. The Balaban J connectivity index is 1.18. The molecule has 322 valence electrons. The highest BCUT2D eigenvalue weighted by Gasteiger charge is 2.48. The van der Waals surface area contributed by atoms with E-state index in [4.69, 9.17) is 0 Å². The summed E-state index contributed by atoms with van der Waals surface area (Å²) in [6.07, 6.45) is 0. The van der Waals surface area contributed by atoms with Crippen LogP contribution in [0.15, 0.2) is 218 Å². The molecule has 0 fully saturated rings. The van der Waals surface area contributed by atoms with E-state index in [9.17, 15) is 0 Å². The Labute approximate surface area is 392 Å². The Morgan fingerprint density at radius 3 is 1.08 bits per heavy atom. The predicted molar refractivity (Wildman–Crippen MR) is 278 cm³/mol. The van der Waals surface area contributed by atoms with E-state index in [1.165, 1.54) is 83.5 Å². The van der Waals surface area contributed by atoms with Crippen molar-refractivity contribution in [1.29, 1.82) is 0 Å². The summed E-state index contributed by atoms with van der Waals surface area (Å²) in [5, 5.41) is 0. The van der Waals surface area contributed by atoms with Gasteiger partial charge in [-0.25, -0.2) is 0 Å². The lowest BCUT2D eigenvalue weighted by atomic mass is 9.67. The number of hydrogen-bond donors (Lipinski definition) is 0. The van der Waals surface area contributed by atoms with Crippen molar-refractivity contribution in [3.05, 3.63) is 280 Å². The van der Waals surface area contributed by atoms with Crippen LogP contribution >= 0.6 is 0 Å². The average Bonchev–Trinajstić information content (AvgIpc) is 3.80.